The first-order valence-corrected chi connectivity index (χ1v) is 9.59. The zero-order valence-electron chi connectivity index (χ0n) is 17.2. The van der Waals surface area contributed by atoms with Crippen molar-refractivity contribution in [3.63, 3.8) is 0 Å². The van der Waals surface area contributed by atoms with E-state index < -0.39 is 23.8 Å². The third kappa shape index (κ3) is 5.18. The van der Waals surface area contributed by atoms with E-state index in [0.717, 1.165) is 18.4 Å². The third-order valence-electron chi connectivity index (χ3n) is 5.57. The average Bonchev–Trinajstić information content (AvgIpc) is 3.25. The van der Waals surface area contributed by atoms with Gasteiger partial charge in [-0.2, -0.15) is 0 Å². The SMILES string of the molecule is O=C([O-])C1(C(=O)[O-])OC2=C(CC3C(=C2)CC[C@H]3NC[C@H](O)c2cccc(Cl)c2)O1.[Na+].[Na+]. The second-order valence-electron chi connectivity index (χ2n) is 7.34. The minimum absolute atomic E-state index is 0. The molecule has 0 aromatic heterocycles. The molecule has 2 N–H and O–H groups in total. The van der Waals surface area contributed by atoms with Gasteiger partial charge in [-0.3, -0.25) is 0 Å². The van der Waals surface area contributed by atoms with E-state index in [1.165, 1.54) is 0 Å². The van der Waals surface area contributed by atoms with Crippen LogP contribution in [0.5, 0.6) is 0 Å². The molecule has 1 heterocycles. The van der Waals surface area contributed by atoms with E-state index in [-0.39, 0.29) is 89.0 Å². The predicted molar refractivity (Wildman–Crippen MR) is 95.6 cm³/mol. The molecule has 0 amide bonds. The van der Waals surface area contributed by atoms with E-state index >= 15 is 0 Å². The topological polar surface area (TPSA) is 131 Å². The van der Waals surface area contributed by atoms with Gasteiger partial charge >= 0.3 is 64.9 Å². The second-order valence-corrected chi connectivity index (χ2v) is 7.77. The Hall–Kier alpha value is -0.550. The Kier molecular flexibility index (Phi) is 9.12. The van der Waals surface area contributed by atoms with Crippen molar-refractivity contribution in [3.05, 3.63) is 58.0 Å². The number of fused-ring (bicyclic) bond motifs is 1. The molecule has 31 heavy (non-hydrogen) atoms. The molecule has 1 fully saturated rings. The summed E-state index contributed by atoms with van der Waals surface area (Å²) in [4.78, 5) is 22.6. The fourth-order valence-corrected chi connectivity index (χ4v) is 4.28. The van der Waals surface area contributed by atoms with Crippen molar-refractivity contribution < 1.29 is 93.5 Å². The van der Waals surface area contributed by atoms with Crippen LogP contribution >= 0.6 is 11.6 Å². The molecule has 0 spiro atoms. The molecule has 1 saturated carbocycles. The number of allylic oxidation sites excluding steroid dienone is 2. The number of carboxylic acid groups (broad SMARTS) is 2. The number of carbonyl (C=O) groups excluding carboxylic acids is 2. The molecule has 11 heteroatoms. The number of halogens is 1. The van der Waals surface area contributed by atoms with E-state index in [9.17, 15) is 24.9 Å². The Bertz CT molecular complexity index is 922. The van der Waals surface area contributed by atoms with Crippen molar-refractivity contribution in [2.24, 2.45) is 5.92 Å². The van der Waals surface area contributed by atoms with E-state index in [4.69, 9.17) is 21.1 Å². The summed E-state index contributed by atoms with van der Waals surface area (Å²) in [5.74, 6) is -6.78. The van der Waals surface area contributed by atoms with Gasteiger partial charge in [0.1, 0.15) is 17.7 Å². The average molecular weight is 466 g/mol. The molecule has 1 aliphatic heterocycles. The normalized spacial score (nSPS) is 23.7. The van der Waals surface area contributed by atoms with Crippen LogP contribution in [0.15, 0.2) is 47.4 Å². The Morgan fingerprint density at radius 1 is 1.26 bits per heavy atom. The van der Waals surface area contributed by atoms with Crippen LogP contribution in [0.1, 0.15) is 30.9 Å². The fourth-order valence-electron chi connectivity index (χ4n) is 4.09. The number of ether oxygens (including phenoxy) is 2. The van der Waals surface area contributed by atoms with Crippen molar-refractivity contribution in [3.8, 4) is 0 Å². The molecule has 0 saturated heterocycles. The maximum atomic E-state index is 11.3. The molecule has 8 nitrogen and oxygen atoms in total. The Labute approximate surface area is 228 Å². The van der Waals surface area contributed by atoms with Crippen LogP contribution in [0.2, 0.25) is 5.02 Å². The number of benzene rings is 1. The summed E-state index contributed by atoms with van der Waals surface area (Å²) in [6.07, 6.45) is 2.72. The largest absolute Gasteiger partial charge is 1.00 e. The fraction of sp³-hybridized carbons (Fsp3) is 0.400. The summed E-state index contributed by atoms with van der Waals surface area (Å²) in [6.45, 7) is 0.306. The van der Waals surface area contributed by atoms with Crippen LogP contribution in [0.4, 0.5) is 0 Å². The van der Waals surface area contributed by atoms with Gasteiger partial charge in [-0.05, 0) is 36.6 Å². The van der Waals surface area contributed by atoms with Crippen LogP contribution in [0.25, 0.3) is 0 Å². The third-order valence-corrected chi connectivity index (χ3v) is 5.80. The molecule has 3 aliphatic rings. The molecule has 2 aliphatic carbocycles. The van der Waals surface area contributed by atoms with Gasteiger partial charge in [0.05, 0.1) is 6.10 Å². The molecule has 3 atom stereocenters. The van der Waals surface area contributed by atoms with Gasteiger partial charge in [0.25, 0.3) is 0 Å². The van der Waals surface area contributed by atoms with Crippen LogP contribution < -0.4 is 74.6 Å². The van der Waals surface area contributed by atoms with Crippen molar-refractivity contribution >= 4 is 23.5 Å². The van der Waals surface area contributed by atoms with Crippen molar-refractivity contribution in [1.82, 2.24) is 5.32 Å². The van der Waals surface area contributed by atoms with Gasteiger partial charge in [-0.25, -0.2) is 0 Å². The maximum absolute atomic E-state index is 11.3. The number of nitrogens with one attached hydrogen (secondary N) is 1. The number of aliphatic hydroxyl groups excluding tert-OH is 1. The number of carbonyl (C=O) groups is 2. The minimum Gasteiger partial charge on any atom is -0.542 e. The van der Waals surface area contributed by atoms with Crippen LogP contribution in [0, 0.1) is 5.92 Å². The summed E-state index contributed by atoms with van der Waals surface area (Å²) in [7, 11) is 0. The summed E-state index contributed by atoms with van der Waals surface area (Å²) in [5.41, 5.74) is 1.71. The number of rotatable bonds is 6. The molecule has 154 valence electrons. The molecule has 1 aromatic carbocycles. The van der Waals surface area contributed by atoms with Gasteiger partial charge < -0.3 is 39.7 Å². The van der Waals surface area contributed by atoms with Gasteiger partial charge in [0.15, 0.2) is 5.76 Å². The molecular formula is C20H18ClNNa2O7. The molecule has 1 aromatic rings. The first kappa shape index (κ1) is 26.7. The van der Waals surface area contributed by atoms with E-state index in [2.05, 4.69) is 5.32 Å². The van der Waals surface area contributed by atoms with Crippen molar-refractivity contribution in [2.45, 2.75) is 37.2 Å². The molecule has 0 radical (unpaired) electrons. The summed E-state index contributed by atoms with van der Waals surface area (Å²) < 4.78 is 10.2. The van der Waals surface area contributed by atoms with E-state index in [1.54, 1.807) is 30.3 Å². The Morgan fingerprint density at radius 2 is 1.97 bits per heavy atom. The molecule has 4 rings (SSSR count). The zero-order chi connectivity index (χ0) is 20.8. The number of aliphatic carboxylic acids is 2. The first-order valence-electron chi connectivity index (χ1n) is 9.21. The number of hydrogen-bond donors (Lipinski definition) is 2. The molecule has 1 unspecified atom stereocenters. The van der Waals surface area contributed by atoms with E-state index in [1.807, 2.05) is 0 Å². The van der Waals surface area contributed by atoms with E-state index in [0.29, 0.717) is 17.1 Å². The van der Waals surface area contributed by atoms with Crippen LogP contribution in [-0.4, -0.2) is 35.4 Å². The standard InChI is InChI=1S/C20H20ClNO7.2Na/c21-12-3-1-2-11(6-12)15(23)9-22-14-5-4-10-7-16-17(8-13(10)14)29-20(28-16,18(24)25)19(26)27;;/h1-3,6-7,13-15,22-23H,4-5,8-9H2,(H,24,25)(H,26,27);;/q;2*+1/p-2/t13?,14-,15+;;/m1../s1. The number of hydrogen-bond acceptors (Lipinski definition) is 8. The second kappa shape index (κ2) is 10.6. The Morgan fingerprint density at radius 3 is 2.61 bits per heavy atom. The smallest absolute Gasteiger partial charge is 0.542 e. The summed E-state index contributed by atoms with van der Waals surface area (Å²) >= 11 is 5.96. The number of carboxylic acids is 2. The predicted octanol–water partition coefficient (Wildman–Crippen LogP) is -6.47. The molecular weight excluding hydrogens is 448 g/mol. The Balaban J connectivity index is 0.00000171. The summed E-state index contributed by atoms with van der Waals surface area (Å²) in [6, 6.07) is 7.00. The van der Waals surface area contributed by atoms with Gasteiger partial charge in [-0.1, -0.05) is 29.3 Å². The van der Waals surface area contributed by atoms with Crippen molar-refractivity contribution in [1.29, 1.82) is 0 Å². The first-order chi connectivity index (χ1) is 13.8. The quantitative estimate of drug-likeness (QED) is 0.313. The van der Waals surface area contributed by atoms with Crippen LogP contribution in [0.3, 0.4) is 0 Å². The monoisotopic (exact) mass is 465 g/mol. The molecule has 0 bridgehead atoms. The van der Waals surface area contributed by atoms with Gasteiger partial charge in [0, 0.05) is 29.9 Å². The number of aliphatic hydroxyl groups is 1. The zero-order valence-corrected chi connectivity index (χ0v) is 22.0. The van der Waals surface area contributed by atoms with Gasteiger partial charge in [-0.15, -0.1) is 0 Å². The van der Waals surface area contributed by atoms with Gasteiger partial charge in [0.2, 0.25) is 0 Å². The van der Waals surface area contributed by atoms with Crippen LogP contribution in [-0.2, 0) is 19.1 Å². The minimum atomic E-state index is -2.95. The van der Waals surface area contributed by atoms with Crippen molar-refractivity contribution in [2.75, 3.05) is 6.54 Å². The maximum Gasteiger partial charge on any atom is 1.00 e. The summed E-state index contributed by atoms with van der Waals surface area (Å²) in [5, 5.41) is 36.8.